The van der Waals surface area contributed by atoms with Crippen molar-refractivity contribution in [1.82, 2.24) is 4.57 Å². The Kier molecular flexibility index (Phi) is 7.07. The summed E-state index contributed by atoms with van der Waals surface area (Å²) in [4.78, 5) is 31.9. The fraction of sp³-hybridized carbons (Fsp3) is 0.269. The lowest BCUT2D eigenvalue weighted by Gasteiger charge is -2.25. The number of esters is 1. The summed E-state index contributed by atoms with van der Waals surface area (Å²) in [5, 5.41) is 0. The van der Waals surface area contributed by atoms with Crippen molar-refractivity contribution < 1.29 is 23.7 Å². The van der Waals surface area contributed by atoms with Gasteiger partial charge in [0, 0.05) is 5.56 Å². The Bertz CT molecular complexity index is 1480. The van der Waals surface area contributed by atoms with E-state index < -0.39 is 12.0 Å². The molecule has 0 saturated heterocycles. The first-order chi connectivity index (χ1) is 16.9. The SMILES string of the molecule is CCOC(=O)C1=C(C)N=c2s/c(=C/c3ccccc3OC)c(=O)n2[C@@H]1c1ccc(OC)c(OC)c1. The minimum absolute atomic E-state index is 0.201. The van der Waals surface area contributed by atoms with Crippen LogP contribution in [0.25, 0.3) is 6.08 Å². The second-order valence-electron chi connectivity index (χ2n) is 7.66. The van der Waals surface area contributed by atoms with E-state index in [1.165, 1.54) is 23.0 Å². The maximum atomic E-state index is 13.7. The molecule has 2 aromatic carbocycles. The van der Waals surface area contributed by atoms with Gasteiger partial charge in [0.25, 0.3) is 5.56 Å². The Balaban J connectivity index is 1.98. The number of fused-ring (bicyclic) bond motifs is 1. The second kappa shape index (κ2) is 10.2. The van der Waals surface area contributed by atoms with Crippen LogP contribution >= 0.6 is 11.3 Å². The topological polar surface area (TPSA) is 88.4 Å². The van der Waals surface area contributed by atoms with E-state index in [0.29, 0.717) is 43.4 Å². The fourth-order valence-corrected chi connectivity index (χ4v) is 5.09. The van der Waals surface area contributed by atoms with Gasteiger partial charge in [-0.3, -0.25) is 9.36 Å². The molecule has 0 fully saturated rings. The van der Waals surface area contributed by atoms with Crippen molar-refractivity contribution >= 4 is 23.4 Å². The number of hydrogen-bond donors (Lipinski definition) is 0. The average Bonchev–Trinajstić information content (AvgIpc) is 3.17. The summed E-state index contributed by atoms with van der Waals surface area (Å²) in [5.41, 5.74) is 1.96. The van der Waals surface area contributed by atoms with Gasteiger partial charge in [0.1, 0.15) is 5.75 Å². The van der Waals surface area contributed by atoms with Crippen LogP contribution in [-0.4, -0.2) is 38.5 Å². The van der Waals surface area contributed by atoms with E-state index in [1.807, 2.05) is 24.3 Å². The molecule has 35 heavy (non-hydrogen) atoms. The molecule has 0 saturated carbocycles. The van der Waals surface area contributed by atoms with Crippen LogP contribution in [-0.2, 0) is 9.53 Å². The first-order valence-corrected chi connectivity index (χ1v) is 11.8. The maximum Gasteiger partial charge on any atom is 0.338 e. The molecule has 2 heterocycles. The van der Waals surface area contributed by atoms with E-state index in [4.69, 9.17) is 18.9 Å². The van der Waals surface area contributed by atoms with E-state index in [1.54, 1.807) is 52.3 Å². The number of rotatable bonds is 7. The van der Waals surface area contributed by atoms with Gasteiger partial charge < -0.3 is 18.9 Å². The Morgan fingerprint density at radius 2 is 1.77 bits per heavy atom. The smallest absolute Gasteiger partial charge is 0.338 e. The van der Waals surface area contributed by atoms with Crippen molar-refractivity contribution in [3.8, 4) is 17.2 Å². The highest BCUT2D eigenvalue weighted by Crippen LogP contribution is 2.36. The molecule has 4 rings (SSSR count). The van der Waals surface area contributed by atoms with Crippen molar-refractivity contribution in [2.24, 2.45) is 4.99 Å². The van der Waals surface area contributed by atoms with E-state index >= 15 is 0 Å². The van der Waals surface area contributed by atoms with Crippen LogP contribution in [0.15, 0.2) is 63.5 Å². The fourth-order valence-electron chi connectivity index (χ4n) is 4.06. The molecule has 0 spiro atoms. The number of aromatic nitrogens is 1. The zero-order chi connectivity index (χ0) is 25.1. The zero-order valence-corrected chi connectivity index (χ0v) is 21.0. The predicted octanol–water partition coefficient (Wildman–Crippen LogP) is 2.82. The molecule has 1 aliphatic heterocycles. The number of methoxy groups -OCH3 is 3. The Morgan fingerprint density at radius 1 is 1.06 bits per heavy atom. The van der Waals surface area contributed by atoms with Crippen molar-refractivity contribution in [3.63, 3.8) is 0 Å². The highest BCUT2D eigenvalue weighted by Gasteiger charge is 2.34. The number of allylic oxidation sites excluding steroid dienone is 1. The van der Waals surface area contributed by atoms with Crippen molar-refractivity contribution in [1.29, 1.82) is 0 Å². The summed E-state index contributed by atoms with van der Waals surface area (Å²) in [6.07, 6.45) is 1.78. The third-order valence-electron chi connectivity index (χ3n) is 5.67. The lowest BCUT2D eigenvalue weighted by molar-refractivity contribution is -0.139. The maximum absolute atomic E-state index is 13.7. The molecule has 0 unspecified atom stereocenters. The second-order valence-corrected chi connectivity index (χ2v) is 8.67. The summed E-state index contributed by atoms with van der Waals surface area (Å²) in [6, 6.07) is 12.0. The number of hydrogen-bond acceptors (Lipinski definition) is 8. The molecule has 182 valence electrons. The van der Waals surface area contributed by atoms with Gasteiger partial charge in [-0.05, 0) is 43.7 Å². The number of benzene rings is 2. The summed E-state index contributed by atoms with van der Waals surface area (Å²) in [5.74, 6) is 1.16. The molecule has 0 N–H and O–H groups in total. The van der Waals surface area contributed by atoms with Crippen LogP contribution in [0.1, 0.15) is 31.0 Å². The molecule has 1 aliphatic rings. The minimum atomic E-state index is -0.745. The molecular formula is C26H26N2O6S. The molecule has 1 atom stereocenters. The van der Waals surface area contributed by atoms with Crippen molar-refractivity contribution in [3.05, 3.63) is 84.5 Å². The minimum Gasteiger partial charge on any atom is -0.496 e. The highest BCUT2D eigenvalue weighted by molar-refractivity contribution is 7.07. The molecule has 0 aliphatic carbocycles. The first kappa shape index (κ1) is 24.3. The molecular weight excluding hydrogens is 468 g/mol. The Morgan fingerprint density at radius 3 is 2.46 bits per heavy atom. The summed E-state index contributed by atoms with van der Waals surface area (Å²) < 4.78 is 23.6. The molecule has 0 bridgehead atoms. The van der Waals surface area contributed by atoms with Gasteiger partial charge in [-0.2, -0.15) is 0 Å². The summed E-state index contributed by atoms with van der Waals surface area (Å²) in [6.45, 7) is 3.69. The molecule has 8 nitrogen and oxygen atoms in total. The lowest BCUT2D eigenvalue weighted by Crippen LogP contribution is -2.40. The lowest BCUT2D eigenvalue weighted by atomic mass is 9.95. The van der Waals surface area contributed by atoms with Crippen LogP contribution in [0.5, 0.6) is 17.2 Å². The number of para-hydroxylation sites is 1. The van der Waals surface area contributed by atoms with Gasteiger partial charge in [0.05, 0.1) is 49.8 Å². The zero-order valence-electron chi connectivity index (χ0n) is 20.2. The standard InChI is InChI=1S/C26H26N2O6S/c1-6-34-25(30)22-15(2)27-26-28(23(22)17-11-12-19(32-4)20(13-17)33-5)24(29)21(35-26)14-16-9-7-8-10-18(16)31-3/h7-14,23H,6H2,1-5H3/b21-14+/t23-/m1/s1. The normalized spacial score (nSPS) is 15.3. The Hall–Kier alpha value is -3.85. The van der Waals surface area contributed by atoms with Gasteiger partial charge >= 0.3 is 5.97 Å². The molecule has 0 radical (unpaired) electrons. The van der Waals surface area contributed by atoms with Crippen LogP contribution in [0, 0.1) is 0 Å². The van der Waals surface area contributed by atoms with Gasteiger partial charge in [-0.25, -0.2) is 9.79 Å². The predicted molar refractivity (Wildman–Crippen MR) is 133 cm³/mol. The van der Waals surface area contributed by atoms with Gasteiger partial charge in [0.2, 0.25) is 0 Å². The molecule has 9 heteroatoms. The highest BCUT2D eigenvalue weighted by atomic mass is 32.1. The van der Waals surface area contributed by atoms with Gasteiger partial charge in [0.15, 0.2) is 16.3 Å². The first-order valence-electron chi connectivity index (χ1n) is 11.0. The number of thiazole rings is 1. The van der Waals surface area contributed by atoms with Crippen molar-refractivity contribution in [2.45, 2.75) is 19.9 Å². The molecule has 3 aromatic rings. The summed E-state index contributed by atoms with van der Waals surface area (Å²) >= 11 is 1.25. The number of nitrogens with zero attached hydrogens (tertiary/aromatic N) is 2. The van der Waals surface area contributed by atoms with E-state index in [2.05, 4.69) is 4.99 Å². The summed E-state index contributed by atoms with van der Waals surface area (Å²) in [7, 11) is 4.67. The van der Waals surface area contributed by atoms with Crippen LogP contribution in [0.2, 0.25) is 0 Å². The van der Waals surface area contributed by atoms with Gasteiger partial charge in [-0.1, -0.05) is 35.6 Å². The third kappa shape index (κ3) is 4.46. The van der Waals surface area contributed by atoms with Crippen molar-refractivity contribution in [2.75, 3.05) is 27.9 Å². The molecule has 0 amide bonds. The van der Waals surface area contributed by atoms with E-state index in [0.717, 1.165) is 5.56 Å². The van der Waals surface area contributed by atoms with Gasteiger partial charge in [-0.15, -0.1) is 0 Å². The Labute approximate surface area is 206 Å². The number of carbonyl (C=O) groups excluding carboxylic acids is 1. The average molecular weight is 495 g/mol. The quantitative estimate of drug-likeness (QED) is 0.470. The number of carbonyl (C=O) groups is 1. The van der Waals surface area contributed by atoms with Crippen LogP contribution in [0.4, 0.5) is 0 Å². The van der Waals surface area contributed by atoms with Crippen LogP contribution in [0.3, 0.4) is 0 Å². The molecule has 1 aromatic heterocycles. The number of ether oxygens (including phenoxy) is 4. The van der Waals surface area contributed by atoms with Crippen LogP contribution < -0.4 is 29.1 Å². The monoisotopic (exact) mass is 494 g/mol. The van der Waals surface area contributed by atoms with E-state index in [9.17, 15) is 9.59 Å². The van der Waals surface area contributed by atoms with E-state index in [-0.39, 0.29) is 12.2 Å². The largest absolute Gasteiger partial charge is 0.496 e. The third-order valence-corrected chi connectivity index (χ3v) is 6.65.